The Hall–Kier alpha value is -1.87. The van der Waals surface area contributed by atoms with E-state index in [2.05, 4.69) is 58.6 Å². The molecule has 1 aromatic rings. The molecule has 3 rings (SSSR count). The molecule has 1 aromatic carbocycles. The second kappa shape index (κ2) is 11.9. The number of hydrogen-bond donors (Lipinski definition) is 3. The highest BCUT2D eigenvalue weighted by Crippen LogP contribution is 2.30. The van der Waals surface area contributed by atoms with Gasteiger partial charge < -0.3 is 25.1 Å². The van der Waals surface area contributed by atoms with Gasteiger partial charge in [-0.1, -0.05) is 0 Å². The third kappa shape index (κ3) is 9.60. The first-order valence-electron chi connectivity index (χ1n) is 12.8. The zero-order valence-corrected chi connectivity index (χ0v) is 23.1. The summed E-state index contributed by atoms with van der Waals surface area (Å²) in [6.07, 6.45) is 0. The van der Waals surface area contributed by atoms with Crippen LogP contribution in [0.15, 0.2) is 18.2 Å². The van der Waals surface area contributed by atoms with Crippen LogP contribution < -0.4 is 9.80 Å². The summed E-state index contributed by atoms with van der Waals surface area (Å²) in [6, 6.07) is 7.75. The number of β-amino-alcohol motifs (C(OH)–C–C–N with tert-alkyl or cyclic N) is 2. The van der Waals surface area contributed by atoms with Crippen LogP contribution in [0.5, 0.6) is 0 Å². The van der Waals surface area contributed by atoms with Crippen LogP contribution in [-0.2, 0) is 4.79 Å². The Labute approximate surface area is 212 Å². The number of hydrogen-bond acceptors (Lipinski definition) is 7. The van der Waals surface area contributed by atoms with Gasteiger partial charge >= 0.3 is 0 Å². The van der Waals surface area contributed by atoms with E-state index < -0.39 is 17.2 Å². The monoisotopic (exact) mass is 492 g/mol. The van der Waals surface area contributed by atoms with Crippen LogP contribution in [0.2, 0.25) is 0 Å². The predicted molar refractivity (Wildman–Crippen MR) is 144 cm³/mol. The Bertz CT molecular complexity index is 829. The molecule has 0 radical (unpaired) electrons. The fourth-order valence-corrected chi connectivity index (χ4v) is 5.23. The van der Waals surface area contributed by atoms with E-state index in [-0.39, 0.29) is 0 Å². The average Bonchev–Trinajstić information content (AvgIpc) is 2.67. The van der Waals surface area contributed by atoms with Crippen LogP contribution in [0.1, 0.15) is 54.0 Å². The lowest BCUT2D eigenvalue weighted by atomic mass is 10.0. The summed E-state index contributed by atoms with van der Waals surface area (Å²) in [4.78, 5) is 18.8. The molecule has 0 saturated carbocycles. The topological polar surface area (TPSA) is 90.7 Å². The number of piperazine rings is 2. The molecular formula is C27H48N4O4. The molecule has 0 amide bonds. The Balaban J connectivity index is 0.00000100. The number of carboxylic acids is 1. The Kier molecular flexibility index (Phi) is 9.99. The lowest BCUT2D eigenvalue weighted by Gasteiger charge is -2.44. The van der Waals surface area contributed by atoms with Crippen molar-refractivity contribution in [2.45, 2.75) is 78.7 Å². The number of carboxylic acid groups (broad SMARTS) is 1. The normalized spacial score (nSPS) is 22.6. The maximum absolute atomic E-state index is 10.2. The second-order valence-electron chi connectivity index (χ2n) is 11.7. The van der Waals surface area contributed by atoms with Crippen molar-refractivity contribution in [3.63, 3.8) is 0 Å². The van der Waals surface area contributed by atoms with Crippen molar-refractivity contribution in [1.29, 1.82) is 0 Å². The van der Waals surface area contributed by atoms with Crippen LogP contribution in [0.4, 0.5) is 11.4 Å². The molecule has 35 heavy (non-hydrogen) atoms. The van der Waals surface area contributed by atoms with Gasteiger partial charge in [-0.3, -0.25) is 14.6 Å². The molecule has 2 aliphatic rings. The van der Waals surface area contributed by atoms with E-state index in [9.17, 15) is 10.2 Å². The molecule has 0 aliphatic carbocycles. The Morgan fingerprint density at radius 2 is 1.54 bits per heavy atom. The van der Waals surface area contributed by atoms with E-state index in [0.717, 1.165) is 59.3 Å². The molecule has 2 aliphatic heterocycles. The summed E-state index contributed by atoms with van der Waals surface area (Å²) in [5.74, 6) is -0.833. The van der Waals surface area contributed by atoms with Gasteiger partial charge in [-0.2, -0.15) is 0 Å². The molecule has 0 aromatic heterocycles. The smallest absolute Gasteiger partial charge is 0.300 e. The molecule has 2 atom stereocenters. The highest BCUT2D eigenvalue weighted by molar-refractivity contribution is 5.63. The van der Waals surface area contributed by atoms with Gasteiger partial charge in [-0.05, 0) is 72.2 Å². The molecule has 2 heterocycles. The summed E-state index contributed by atoms with van der Waals surface area (Å²) in [5.41, 5.74) is 2.65. The number of aliphatic carboxylic acids is 1. The average molecular weight is 493 g/mol. The third-order valence-electron chi connectivity index (χ3n) is 6.53. The van der Waals surface area contributed by atoms with Gasteiger partial charge in [-0.25, -0.2) is 0 Å². The van der Waals surface area contributed by atoms with E-state index in [1.165, 1.54) is 16.9 Å². The quantitative estimate of drug-likeness (QED) is 0.558. The lowest BCUT2D eigenvalue weighted by molar-refractivity contribution is -0.134. The molecule has 8 heteroatoms. The van der Waals surface area contributed by atoms with Crippen LogP contribution >= 0.6 is 0 Å². The molecule has 8 nitrogen and oxygen atoms in total. The van der Waals surface area contributed by atoms with E-state index >= 15 is 0 Å². The number of carbonyl (C=O) groups is 1. The largest absolute Gasteiger partial charge is 0.481 e. The fraction of sp³-hybridized carbons (Fsp3) is 0.741. The van der Waals surface area contributed by atoms with E-state index in [4.69, 9.17) is 9.90 Å². The molecular weight excluding hydrogens is 444 g/mol. The van der Waals surface area contributed by atoms with Gasteiger partial charge in [0.2, 0.25) is 0 Å². The standard InChI is InChI=1S/C25H44N4O2.C2H4O2/c1-19-14-22(29-13-10-26(15-21(29)3)17-24(4,5)30)8-9-23(19)27-11-12-28(20(2)16-27)18-25(6,7)31;1-2(3)4/h8-9,14,20-21,30-31H,10-13,15-18H2,1-7H3;1H3,(H,3,4)/t20-,21-;/m0./s1. The van der Waals surface area contributed by atoms with Crippen molar-refractivity contribution in [2.24, 2.45) is 0 Å². The zero-order chi connectivity index (χ0) is 26.6. The van der Waals surface area contributed by atoms with Crippen LogP contribution in [0, 0.1) is 6.92 Å². The first kappa shape index (κ1) is 29.4. The minimum atomic E-state index is -0.833. The van der Waals surface area contributed by atoms with Gasteiger partial charge in [0.15, 0.2) is 0 Å². The molecule has 0 spiro atoms. The fourth-order valence-electron chi connectivity index (χ4n) is 5.23. The van der Waals surface area contributed by atoms with Gasteiger partial charge in [0.25, 0.3) is 5.97 Å². The van der Waals surface area contributed by atoms with Crippen LogP contribution in [0.25, 0.3) is 0 Å². The maximum Gasteiger partial charge on any atom is 0.300 e. The molecule has 0 unspecified atom stereocenters. The van der Waals surface area contributed by atoms with E-state index in [1.54, 1.807) is 0 Å². The number of nitrogens with zero attached hydrogens (tertiary/aromatic N) is 4. The van der Waals surface area contributed by atoms with Crippen molar-refractivity contribution in [1.82, 2.24) is 9.80 Å². The number of aryl methyl sites for hydroxylation is 1. The molecule has 200 valence electrons. The molecule has 2 saturated heterocycles. The summed E-state index contributed by atoms with van der Waals surface area (Å²) in [5, 5.41) is 27.7. The van der Waals surface area contributed by atoms with Gasteiger partial charge in [-0.15, -0.1) is 0 Å². The Morgan fingerprint density at radius 1 is 0.943 bits per heavy atom. The van der Waals surface area contributed by atoms with E-state index in [0.29, 0.717) is 12.1 Å². The van der Waals surface area contributed by atoms with Gasteiger partial charge in [0.1, 0.15) is 0 Å². The van der Waals surface area contributed by atoms with Gasteiger partial charge in [0.05, 0.1) is 11.2 Å². The summed E-state index contributed by atoms with van der Waals surface area (Å²) < 4.78 is 0. The van der Waals surface area contributed by atoms with Crippen molar-refractivity contribution >= 4 is 17.3 Å². The van der Waals surface area contributed by atoms with Gasteiger partial charge in [0, 0.05) is 82.7 Å². The third-order valence-corrected chi connectivity index (χ3v) is 6.53. The minimum Gasteiger partial charge on any atom is -0.481 e. The predicted octanol–water partition coefficient (Wildman–Crippen LogP) is 2.65. The zero-order valence-electron chi connectivity index (χ0n) is 23.1. The number of aliphatic hydroxyl groups is 2. The number of benzene rings is 1. The number of anilines is 2. The first-order valence-corrected chi connectivity index (χ1v) is 12.8. The van der Waals surface area contributed by atoms with Crippen LogP contribution in [-0.4, -0.2) is 107 Å². The minimum absolute atomic E-state index is 0.420. The maximum atomic E-state index is 10.2. The first-order chi connectivity index (χ1) is 16.1. The summed E-state index contributed by atoms with van der Waals surface area (Å²) in [6.45, 7) is 22.8. The molecule has 2 fully saturated rings. The van der Waals surface area contributed by atoms with Crippen molar-refractivity contribution in [3.8, 4) is 0 Å². The summed E-state index contributed by atoms with van der Waals surface area (Å²) >= 11 is 0. The SMILES string of the molecule is CC(=O)O.Cc1cc(N2CCN(CC(C)(C)O)C[C@@H]2C)ccc1N1CCN(CC(C)(C)O)[C@@H](C)C1. The molecule has 0 bridgehead atoms. The lowest BCUT2D eigenvalue weighted by Crippen LogP contribution is -2.55. The second-order valence-corrected chi connectivity index (χ2v) is 11.7. The van der Waals surface area contributed by atoms with Crippen molar-refractivity contribution < 1.29 is 20.1 Å². The Morgan fingerprint density at radius 3 is 2.03 bits per heavy atom. The summed E-state index contributed by atoms with van der Waals surface area (Å²) in [7, 11) is 0. The highest BCUT2D eigenvalue weighted by Gasteiger charge is 2.30. The number of rotatable bonds is 6. The highest BCUT2D eigenvalue weighted by atomic mass is 16.4. The van der Waals surface area contributed by atoms with Crippen LogP contribution in [0.3, 0.4) is 0 Å². The molecule has 3 N–H and O–H groups in total. The van der Waals surface area contributed by atoms with E-state index in [1.807, 2.05) is 27.7 Å². The van der Waals surface area contributed by atoms with Crippen molar-refractivity contribution in [2.75, 3.05) is 62.2 Å². The van der Waals surface area contributed by atoms with Crippen molar-refractivity contribution in [3.05, 3.63) is 23.8 Å².